The lowest BCUT2D eigenvalue weighted by Crippen LogP contribution is -2.29. The van der Waals surface area contributed by atoms with Crippen molar-refractivity contribution in [1.82, 2.24) is 5.43 Å². The van der Waals surface area contributed by atoms with Gasteiger partial charge in [-0.25, -0.2) is 0 Å². The molecule has 2 aromatic carbocycles. The lowest BCUT2D eigenvalue weighted by Gasteiger charge is -2.18. The summed E-state index contributed by atoms with van der Waals surface area (Å²) in [4.78, 5) is 0. The summed E-state index contributed by atoms with van der Waals surface area (Å²) < 4.78 is 6.41. The number of methoxy groups -OCH3 is 1. The number of nitrogens with one attached hydrogen (secondary N) is 1. The average Bonchev–Trinajstić information content (AvgIpc) is 2.50. The fraction of sp³-hybridized carbons (Fsp3) is 0.250. The van der Waals surface area contributed by atoms with E-state index in [0.29, 0.717) is 0 Å². The van der Waals surface area contributed by atoms with Gasteiger partial charge >= 0.3 is 0 Å². The molecule has 1 atom stereocenters. The molecule has 0 bridgehead atoms. The lowest BCUT2D eigenvalue weighted by atomic mass is 9.99. The number of halogens is 1. The van der Waals surface area contributed by atoms with Gasteiger partial charge in [-0.1, -0.05) is 30.3 Å². The summed E-state index contributed by atoms with van der Waals surface area (Å²) in [6.45, 7) is 0. The normalized spacial score (nSPS) is 12.2. The zero-order valence-corrected chi connectivity index (χ0v) is 13.6. The second-order valence-electron chi connectivity index (χ2n) is 4.63. The Bertz CT molecular complexity index is 542. The minimum atomic E-state index is 0.171. The van der Waals surface area contributed by atoms with Crippen LogP contribution < -0.4 is 16.0 Å². The molecular formula is C16H19IN2O. The van der Waals surface area contributed by atoms with E-state index in [1.54, 1.807) is 7.11 Å². The van der Waals surface area contributed by atoms with E-state index in [1.807, 2.05) is 18.2 Å². The van der Waals surface area contributed by atoms with Crippen molar-refractivity contribution in [2.75, 3.05) is 7.11 Å². The topological polar surface area (TPSA) is 47.3 Å². The van der Waals surface area contributed by atoms with E-state index < -0.39 is 0 Å². The van der Waals surface area contributed by atoms with Gasteiger partial charge in [-0.3, -0.25) is 11.3 Å². The third kappa shape index (κ3) is 3.94. The molecular weight excluding hydrogens is 363 g/mol. The highest BCUT2D eigenvalue weighted by Crippen LogP contribution is 2.24. The van der Waals surface area contributed by atoms with Gasteiger partial charge in [-0.05, 0) is 64.8 Å². The smallest absolute Gasteiger partial charge is 0.118 e. The van der Waals surface area contributed by atoms with Crippen molar-refractivity contribution in [3.05, 3.63) is 63.2 Å². The summed E-state index contributed by atoms with van der Waals surface area (Å²) in [5, 5.41) is 0. The molecule has 0 aromatic heterocycles. The molecule has 2 aromatic rings. The van der Waals surface area contributed by atoms with Crippen LogP contribution in [0.5, 0.6) is 5.75 Å². The first-order valence-electron chi connectivity index (χ1n) is 6.58. The maximum absolute atomic E-state index is 5.71. The Morgan fingerprint density at radius 2 is 1.85 bits per heavy atom. The maximum atomic E-state index is 5.71. The number of hydrogen-bond donors (Lipinski definition) is 2. The summed E-state index contributed by atoms with van der Waals surface area (Å²) in [7, 11) is 1.68. The molecule has 0 heterocycles. The summed E-state index contributed by atoms with van der Waals surface area (Å²) in [5.74, 6) is 6.60. The van der Waals surface area contributed by atoms with Gasteiger partial charge in [0.25, 0.3) is 0 Å². The highest BCUT2D eigenvalue weighted by Gasteiger charge is 2.12. The first kappa shape index (κ1) is 15.3. The zero-order chi connectivity index (χ0) is 14.4. The van der Waals surface area contributed by atoms with Crippen LogP contribution in [0.1, 0.15) is 23.6 Å². The minimum Gasteiger partial charge on any atom is -0.497 e. The van der Waals surface area contributed by atoms with E-state index in [0.717, 1.165) is 18.6 Å². The SMILES string of the molecule is COc1ccc(CCC(NN)c2ccccc2I)cc1. The predicted octanol–water partition coefficient (Wildman–Crippen LogP) is 3.44. The summed E-state index contributed by atoms with van der Waals surface area (Å²) in [6.07, 6.45) is 1.94. The van der Waals surface area contributed by atoms with E-state index in [-0.39, 0.29) is 6.04 Å². The van der Waals surface area contributed by atoms with Crippen molar-refractivity contribution in [2.45, 2.75) is 18.9 Å². The van der Waals surface area contributed by atoms with Crippen LogP contribution in [0.2, 0.25) is 0 Å². The summed E-state index contributed by atoms with van der Waals surface area (Å²) in [6, 6.07) is 16.7. The highest BCUT2D eigenvalue weighted by atomic mass is 127. The van der Waals surface area contributed by atoms with Crippen molar-refractivity contribution < 1.29 is 4.74 Å². The molecule has 0 spiro atoms. The Morgan fingerprint density at radius 1 is 1.15 bits per heavy atom. The monoisotopic (exact) mass is 382 g/mol. The van der Waals surface area contributed by atoms with E-state index in [4.69, 9.17) is 10.6 Å². The third-order valence-corrected chi connectivity index (χ3v) is 4.34. The van der Waals surface area contributed by atoms with E-state index in [1.165, 1.54) is 14.7 Å². The number of nitrogens with two attached hydrogens (primary N) is 1. The molecule has 20 heavy (non-hydrogen) atoms. The van der Waals surface area contributed by atoms with Crippen molar-refractivity contribution >= 4 is 22.6 Å². The molecule has 4 heteroatoms. The quantitative estimate of drug-likeness (QED) is 0.457. The number of aryl methyl sites for hydroxylation is 1. The Morgan fingerprint density at radius 3 is 2.45 bits per heavy atom. The number of rotatable bonds is 6. The fourth-order valence-electron chi connectivity index (χ4n) is 2.19. The lowest BCUT2D eigenvalue weighted by molar-refractivity contribution is 0.414. The van der Waals surface area contributed by atoms with Crippen molar-refractivity contribution in [2.24, 2.45) is 5.84 Å². The Hall–Kier alpha value is -1.11. The first-order chi connectivity index (χ1) is 9.74. The van der Waals surface area contributed by atoms with E-state index >= 15 is 0 Å². The Labute approximate surface area is 133 Å². The molecule has 1 unspecified atom stereocenters. The van der Waals surface area contributed by atoms with Gasteiger partial charge < -0.3 is 4.74 Å². The number of hydrazine groups is 1. The molecule has 0 aliphatic heterocycles. The largest absolute Gasteiger partial charge is 0.497 e. The third-order valence-electron chi connectivity index (χ3n) is 3.36. The van der Waals surface area contributed by atoms with E-state index in [2.05, 4.69) is 58.3 Å². The molecule has 0 radical (unpaired) electrons. The van der Waals surface area contributed by atoms with Gasteiger partial charge in [-0.2, -0.15) is 0 Å². The maximum Gasteiger partial charge on any atom is 0.118 e. The molecule has 3 N–H and O–H groups in total. The molecule has 0 aliphatic rings. The highest BCUT2D eigenvalue weighted by molar-refractivity contribution is 14.1. The van der Waals surface area contributed by atoms with Crippen LogP contribution in [0.4, 0.5) is 0 Å². The predicted molar refractivity (Wildman–Crippen MR) is 90.5 cm³/mol. The molecule has 0 aliphatic carbocycles. The molecule has 3 nitrogen and oxygen atoms in total. The van der Waals surface area contributed by atoms with Crippen molar-refractivity contribution in [3.63, 3.8) is 0 Å². The first-order valence-corrected chi connectivity index (χ1v) is 7.66. The number of hydrogen-bond acceptors (Lipinski definition) is 3. The van der Waals surface area contributed by atoms with Gasteiger partial charge in [0.1, 0.15) is 5.75 Å². The molecule has 0 saturated carbocycles. The molecule has 106 valence electrons. The van der Waals surface area contributed by atoms with Crippen LogP contribution in [0.25, 0.3) is 0 Å². The van der Waals surface area contributed by atoms with Gasteiger partial charge in [0, 0.05) is 9.61 Å². The van der Waals surface area contributed by atoms with Gasteiger partial charge in [0.2, 0.25) is 0 Å². The zero-order valence-electron chi connectivity index (χ0n) is 11.5. The van der Waals surface area contributed by atoms with Gasteiger partial charge in [0.15, 0.2) is 0 Å². The second-order valence-corrected chi connectivity index (χ2v) is 5.79. The van der Waals surface area contributed by atoms with Gasteiger partial charge in [-0.15, -0.1) is 0 Å². The van der Waals surface area contributed by atoms with Crippen LogP contribution in [0.15, 0.2) is 48.5 Å². The molecule has 0 fully saturated rings. The van der Waals surface area contributed by atoms with Gasteiger partial charge in [0.05, 0.1) is 7.11 Å². The number of ether oxygens (including phenoxy) is 1. The standard InChI is InChI=1S/C16H19IN2O/c1-20-13-9-6-12(7-10-13)8-11-16(19-18)14-4-2-3-5-15(14)17/h2-7,9-10,16,19H,8,11,18H2,1H3. The Balaban J connectivity index is 2.02. The molecule has 2 rings (SSSR count). The Kier molecular flexibility index (Phi) is 5.82. The van der Waals surface area contributed by atoms with E-state index in [9.17, 15) is 0 Å². The van der Waals surface area contributed by atoms with Crippen molar-refractivity contribution in [3.8, 4) is 5.75 Å². The van der Waals surface area contributed by atoms with Crippen LogP contribution in [0, 0.1) is 3.57 Å². The van der Waals surface area contributed by atoms with Crippen LogP contribution in [-0.2, 0) is 6.42 Å². The fourth-order valence-corrected chi connectivity index (χ4v) is 2.95. The van der Waals surface area contributed by atoms with Crippen molar-refractivity contribution in [1.29, 1.82) is 0 Å². The van der Waals surface area contributed by atoms with Crippen LogP contribution in [-0.4, -0.2) is 7.11 Å². The minimum absolute atomic E-state index is 0.171. The second kappa shape index (κ2) is 7.61. The summed E-state index contributed by atoms with van der Waals surface area (Å²) in [5.41, 5.74) is 5.47. The molecule has 0 saturated heterocycles. The molecule has 0 amide bonds. The average molecular weight is 382 g/mol. The summed E-state index contributed by atoms with van der Waals surface area (Å²) >= 11 is 2.35. The number of benzene rings is 2. The van der Waals surface area contributed by atoms with Crippen LogP contribution in [0.3, 0.4) is 0 Å². The van der Waals surface area contributed by atoms with Crippen LogP contribution >= 0.6 is 22.6 Å².